The SMILES string of the molecule is COc1cc2c(cc1OC1CC(N3CCN(C(=O)c4nc(-c5ccc(C(F)(F)F)cc5)n5ccccc45)CC3)C1)N=C[C@@H]1CCCN1C2=O. The van der Waals surface area contributed by atoms with Crippen molar-refractivity contribution in [2.75, 3.05) is 39.8 Å². The average molecular weight is 673 g/mol. The second-order valence-corrected chi connectivity index (χ2v) is 13.0. The van der Waals surface area contributed by atoms with Crippen LogP contribution in [0.1, 0.15) is 52.1 Å². The Morgan fingerprint density at radius 3 is 2.47 bits per heavy atom. The maximum absolute atomic E-state index is 13.7. The highest BCUT2D eigenvalue weighted by Crippen LogP contribution is 2.41. The minimum Gasteiger partial charge on any atom is -0.493 e. The van der Waals surface area contributed by atoms with Crippen molar-refractivity contribution in [1.29, 1.82) is 0 Å². The zero-order valence-electron chi connectivity index (χ0n) is 26.9. The van der Waals surface area contributed by atoms with Crippen LogP contribution in [-0.4, -0.2) is 100 Å². The van der Waals surface area contributed by atoms with Crippen LogP contribution in [-0.2, 0) is 6.18 Å². The van der Waals surface area contributed by atoms with Gasteiger partial charge in [0, 0.05) is 75.6 Å². The summed E-state index contributed by atoms with van der Waals surface area (Å²) in [4.78, 5) is 42.3. The number of halogens is 3. The molecule has 1 saturated carbocycles. The predicted octanol–water partition coefficient (Wildman–Crippen LogP) is 5.72. The summed E-state index contributed by atoms with van der Waals surface area (Å²) >= 11 is 0. The molecule has 4 aliphatic rings. The number of methoxy groups -OCH3 is 1. The average Bonchev–Trinajstić information content (AvgIpc) is 3.70. The normalized spacial score (nSPS) is 22.4. The van der Waals surface area contributed by atoms with Crippen LogP contribution in [0.15, 0.2) is 65.8 Å². The molecule has 1 atom stereocenters. The molecule has 0 unspecified atom stereocenters. The summed E-state index contributed by atoms with van der Waals surface area (Å²) in [5.74, 6) is 1.28. The third-order valence-corrected chi connectivity index (χ3v) is 10.2. The zero-order valence-corrected chi connectivity index (χ0v) is 26.9. The van der Waals surface area contributed by atoms with Crippen molar-refractivity contribution in [3.05, 3.63) is 77.6 Å². The van der Waals surface area contributed by atoms with Crippen LogP contribution in [0.5, 0.6) is 11.5 Å². The first-order valence-corrected chi connectivity index (χ1v) is 16.6. The van der Waals surface area contributed by atoms with Crippen molar-refractivity contribution in [3.63, 3.8) is 0 Å². The lowest BCUT2D eigenvalue weighted by molar-refractivity contribution is -0.137. The van der Waals surface area contributed by atoms with Gasteiger partial charge in [-0.25, -0.2) is 4.98 Å². The lowest BCUT2D eigenvalue weighted by Gasteiger charge is -2.46. The summed E-state index contributed by atoms with van der Waals surface area (Å²) in [5, 5.41) is 0. The molecule has 13 heteroatoms. The van der Waals surface area contributed by atoms with Crippen LogP contribution < -0.4 is 9.47 Å². The van der Waals surface area contributed by atoms with Crippen molar-refractivity contribution >= 4 is 29.2 Å². The Hall–Kier alpha value is -4.91. The summed E-state index contributed by atoms with van der Waals surface area (Å²) < 4.78 is 53.1. The number of alkyl halides is 3. The Morgan fingerprint density at radius 2 is 1.73 bits per heavy atom. The van der Waals surface area contributed by atoms with E-state index in [2.05, 4.69) is 14.9 Å². The van der Waals surface area contributed by atoms with Gasteiger partial charge in [-0.3, -0.25) is 23.9 Å². The number of piperazine rings is 1. The fourth-order valence-electron chi connectivity index (χ4n) is 7.36. The number of carbonyl (C=O) groups excluding carboxylic acids is 2. The molecule has 2 aromatic carbocycles. The van der Waals surface area contributed by atoms with Gasteiger partial charge in [-0.1, -0.05) is 18.2 Å². The lowest BCUT2D eigenvalue weighted by atomic mass is 9.87. The number of hydrogen-bond acceptors (Lipinski definition) is 7. The smallest absolute Gasteiger partial charge is 0.416 e. The van der Waals surface area contributed by atoms with Gasteiger partial charge >= 0.3 is 6.18 Å². The number of nitrogens with zero attached hydrogens (tertiary/aromatic N) is 6. The molecule has 3 fully saturated rings. The number of rotatable bonds is 6. The van der Waals surface area contributed by atoms with E-state index in [0.717, 1.165) is 44.4 Å². The minimum absolute atomic E-state index is 0.00859. The van der Waals surface area contributed by atoms with Crippen LogP contribution in [0.2, 0.25) is 0 Å². The first-order valence-electron chi connectivity index (χ1n) is 16.6. The minimum atomic E-state index is -4.44. The molecule has 10 nitrogen and oxygen atoms in total. The van der Waals surface area contributed by atoms with Crippen LogP contribution in [0, 0.1) is 0 Å². The van der Waals surface area contributed by atoms with E-state index < -0.39 is 11.7 Å². The number of fused-ring (bicyclic) bond motifs is 3. The van der Waals surface area contributed by atoms with Crippen molar-refractivity contribution < 1.29 is 32.2 Å². The number of carbonyl (C=O) groups is 2. The second-order valence-electron chi connectivity index (χ2n) is 13.0. The Bertz CT molecular complexity index is 1940. The largest absolute Gasteiger partial charge is 0.493 e. The number of aromatic nitrogens is 2. The molecule has 1 aliphatic carbocycles. The van der Waals surface area contributed by atoms with E-state index in [1.54, 1.807) is 40.8 Å². The van der Waals surface area contributed by atoms with Crippen LogP contribution in [0.4, 0.5) is 18.9 Å². The molecular formula is C36H35F3N6O4. The highest BCUT2D eigenvalue weighted by Gasteiger charge is 2.39. The number of amides is 2. The van der Waals surface area contributed by atoms with E-state index in [0.29, 0.717) is 71.9 Å². The fraction of sp³-hybridized carbons (Fsp3) is 0.389. The third-order valence-electron chi connectivity index (χ3n) is 10.2. The molecule has 49 heavy (non-hydrogen) atoms. The van der Waals surface area contributed by atoms with Gasteiger partial charge in [-0.15, -0.1) is 0 Å². The maximum Gasteiger partial charge on any atom is 0.416 e. The summed E-state index contributed by atoms with van der Waals surface area (Å²) in [6.07, 6.45) is 2.73. The van der Waals surface area contributed by atoms with E-state index in [9.17, 15) is 22.8 Å². The van der Waals surface area contributed by atoms with Gasteiger partial charge in [0.15, 0.2) is 17.2 Å². The van der Waals surface area contributed by atoms with Gasteiger partial charge in [0.25, 0.3) is 11.8 Å². The van der Waals surface area contributed by atoms with Gasteiger partial charge in [0.1, 0.15) is 11.9 Å². The first-order chi connectivity index (χ1) is 23.7. The van der Waals surface area contributed by atoms with E-state index in [1.165, 1.54) is 12.1 Å². The monoisotopic (exact) mass is 672 g/mol. The molecule has 0 spiro atoms. The molecule has 4 aromatic rings. The number of ether oxygens (including phenoxy) is 2. The van der Waals surface area contributed by atoms with Gasteiger partial charge in [-0.2, -0.15) is 13.2 Å². The molecular weight excluding hydrogens is 637 g/mol. The summed E-state index contributed by atoms with van der Waals surface area (Å²) in [6, 6.07) is 14.1. The summed E-state index contributed by atoms with van der Waals surface area (Å²) in [6.45, 7) is 3.21. The standard InChI is InChI=1S/C36H35F3N6O4/c1-48-30-19-27-28(40-21-24-5-4-12-44(24)34(27)46)20-31(30)49-26-17-25(18-26)42-13-15-43(16-14-42)35(47)32-29-6-2-3-11-45(29)33(41-32)22-7-9-23(10-8-22)36(37,38)39/h2-3,6-11,19-21,24-26H,4-5,12-18H2,1H3/t24-,25?,26?/m0/s1. The lowest BCUT2D eigenvalue weighted by Crippen LogP contribution is -2.57. The Kier molecular flexibility index (Phi) is 7.81. The zero-order chi connectivity index (χ0) is 33.9. The van der Waals surface area contributed by atoms with E-state index in [-0.39, 0.29) is 29.7 Å². The molecule has 0 N–H and O–H groups in total. The number of hydrogen-bond donors (Lipinski definition) is 0. The quantitative estimate of drug-likeness (QED) is 0.261. The Balaban J connectivity index is 0.901. The molecule has 0 radical (unpaired) electrons. The van der Waals surface area contributed by atoms with Crippen molar-refractivity contribution in [2.24, 2.45) is 4.99 Å². The van der Waals surface area contributed by atoms with Gasteiger partial charge in [-0.05, 0) is 43.2 Å². The van der Waals surface area contributed by atoms with Gasteiger partial charge < -0.3 is 19.3 Å². The molecule has 0 bridgehead atoms. The second kappa shape index (κ2) is 12.2. The van der Waals surface area contributed by atoms with E-state index in [4.69, 9.17) is 9.47 Å². The van der Waals surface area contributed by atoms with Crippen LogP contribution in [0.3, 0.4) is 0 Å². The maximum atomic E-state index is 13.7. The highest BCUT2D eigenvalue weighted by molar-refractivity contribution is 6.03. The summed E-state index contributed by atoms with van der Waals surface area (Å²) in [5.41, 5.74) is 1.77. The third kappa shape index (κ3) is 5.69. The predicted molar refractivity (Wildman–Crippen MR) is 176 cm³/mol. The van der Waals surface area contributed by atoms with Crippen molar-refractivity contribution in [1.82, 2.24) is 24.1 Å². The topological polar surface area (TPSA) is 92.0 Å². The van der Waals surface area contributed by atoms with Crippen LogP contribution >= 0.6 is 0 Å². The number of imidazole rings is 1. The molecule has 5 heterocycles. The molecule has 8 rings (SSSR count). The highest BCUT2D eigenvalue weighted by atomic mass is 19.4. The van der Waals surface area contributed by atoms with Gasteiger partial charge in [0.2, 0.25) is 0 Å². The fourth-order valence-corrected chi connectivity index (χ4v) is 7.36. The van der Waals surface area contributed by atoms with Gasteiger partial charge in [0.05, 0.1) is 35.5 Å². The molecule has 3 aliphatic heterocycles. The number of pyridine rings is 1. The molecule has 2 aromatic heterocycles. The summed E-state index contributed by atoms with van der Waals surface area (Å²) in [7, 11) is 1.57. The van der Waals surface area contributed by atoms with E-state index in [1.807, 2.05) is 23.2 Å². The number of benzene rings is 2. The molecule has 254 valence electrons. The van der Waals surface area contributed by atoms with Crippen molar-refractivity contribution in [2.45, 2.75) is 50.0 Å². The first kappa shape index (κ1) is 31.4. The van der Waals surface area contributed by atoms with Crippen molar-refractivity contribution in [3.8, 4) is 22.9 Å². The molecule has 2 saturated heterocycles. The number of aliphatic imine (C=N–C) groups is 1. The van der Waals surface area contributed by atoms with E-state index >= 15 is 0 Å². The van der Waals surface area contributed by atoms with Crippen LogP contribution in [0.25, 0.3) is 16.9 Å². The Morgan fingerprint density at radius 1 is 0.959 bits per heavy atom. The molecule has 2 amide bonds. The Labute approximate surface area is 280 Å².